The van der Waals surface area contributed by atoms with Gasteiger partial charge < -0.3 is 15.1 Å². The number of para-hydroxylation sites is 1. The summed E-state index contributed by atoms with van der Waals surface area (Å²) in [5.41, 5.74) is 2.52. The van der Waals surface area contributed by atoms with Crippen LogP contribution in [0.4, 0.5) is 5.69 Å². The molecule has 0 radical (unpaired) electrons. The fourth-order valence-corrected chi connectivity index (χ4v) is 4.43. The predicted molar refractivity (Wildman–Crippen MR) is 113 cm³/mol. The van der Waals surface area contributed by atoms with Crippen molar-refractivity contribution in [3.05, 3.63) is 29.8 Å². The standard InChI is InChI=1S/C23H35N3O2/c1-17(2)21(24-22(27)19-10-5-4-6-11-19)23(28)26-15-13-25(14-16-26)20-12-8-7-9-18(20)3/h7-9,12,17,19,21H,4-6,10-11,13-16H2,1-3H3,(H,24,27). The Morgan fingerprint density at radius 1 is 1.00 bits per heavy atom. The molecular formula is C23H35N3O2. The van der Waals surface area contributed by atoms with E-state index in [2.05, 4.69) is 41.4 Å². The third kappa shape index (κ3) is 4.86. The first-order chi connectivity index (χ1) is 13.5. The highest BCUT2D eigenvalue weighted by molar-refractivity contribution is 5.89. The van der Waals surface area contributed by atoms with E-state index in [1.165, 1.54) is 17.7 Å². The summed E-state index contributed by atoms with van der Waals surface area (Å²) >= 11 is 0. The molecule has 1 aliphatic carbocycles. The number of aryl methyl sites for hydroxylation is 1. The number of piperazine rings is 1. The Labute approximate surface area is 169 Å². The van der Waals surface area contributed by atoms with E-state index in [-0.39, 0.29) is 23.7 Å². The second-order valence-electron chi connectivity index (χ2n) is 8.66. The van der Waals surface area contributed by atoms with Crippen molar-refractivity contribution >= 4 is 17.5 Å². The molecule has 28 heavy (non-hydrogen) atoms. The summed E-state index contributed by atoms with van der Waals surface area (Å²) in [6.45, 7) is 9.24. The van der Waals surface area contributed by atoms with Crippen LogP contribution in [-0.4, -0.2) is 48.9 Å². The zero-order valence-electron chi connectivity index (χ0n) is 17.6. The normalized spacial score (nSPS) is 19.6. The molecule has 0 bridgehead atoms. The number of nitrogens with zero attached hydrogens (tertiary/aromatic N) is 2. The highest BCUT2D eigenvalue weighted by Crippen LogP contribution is 2.25. The molecule has 2 aliphatic rings. The van der Waals surface area contributed by atoms with E-state index in [0.717, 1.165) is 38.8 Å². The molecule has 5 nitrogen and oxygen atoms in total. The van der Waals surface area contributed by atoms with Gasteiger partial charge in [-0.3, -0.25) is 9.59 Å². The van der Waals surface area contributed by atoms with Crippen molar-refractivity contribution in [1.82, 2.24) is 10.2 Å². The van der Waals surface area contributed by atoms with Gasteiger partial charge in [0.05, 0.1) is 0 Å². The van der Waals surface area contributed by atoms with Gasteiger partial charge in [0.25, 0.3) is 0 Å². The molecule has 1 aromatic carbocycles. The number of nitrogens with one attached hydrogen (secondary N) is 1. The number of rotatable bonds is 5. The molecule has 2 amide bonds. The molecule has 1 heterocycles. The van der Waals surface area contributed by atoms with Crippen LogP contribution in [0, 0.1) is 18.8 Å². The highest BCUT2D eigenvalue weighted by Gasteiger charge is 2.32. The Kier molecular flexibility index (Phi) is 6.97. The Bertz CT molecular complexity index is 674. The summed E-state index contributed by atoms with van der Waals surface area (Å²) in [7, 11) is 0. The summed E-state index contributed by atoms with van der Waals surface area (Å²) in [5.74, 6) is 0.323. The SMILES string of the molecule is Cc1ccccc1N1CCN(C(=O)C(NC(=O)C2CCCCC2)C(C)C)CC1. The van der Waals surface area contributed by atoms with Crippen molar-refractivity contribution in [1.29, 1.82) is 0 Å². The monoisotopic (exact) mass is 385 g/mol. The molecule has 3 rings (SSSR count). The Morgan fingerprint density at radius 2 is 1.64 bits per heavy atom. The van der Waals surface area contributed by atoms with Gasteiger partial charge >= 0.3 is 0 Å². The molecule has 154 valence electrons. The van der Waals surface area contributed by atoms with E-state index in [4.69, 9.17) is 0 Å². The second kappa shape index (κ2) is 9.44. The van der Waals surface area contributed by atoms with Gasteiger partial charge in [-0.25, -0.2) is 0 Å². The first-order valence-corrected chi connectivity index (χ1v) is 10.9. The summed E-state index contributed by atoms with van der Waals surface area (Å²) in [5, 5.41) is 3.09. The predicted octanol–water partition coefficient (Wildman–Crippen LogP) is 3.36. The maximum Gasteiger partial charge on any atom is 0.245 e. The number of carbonyl (C=O) groups excluding carboxylic acids is 2. The van der Waals surface area contributed by atoms with Gasteiger partial charge in [0, 0.05) is 37.8 Å². The van der Waals surface area contributed by atoms with Gasteiger partial charge in [0.2, 0.25) is 11.8 Å². The lowest BCUT2D eigenvalue weighted by molar-refractivity contribution is -0.139. The van der Waals surface area contributed by atoms with Crippen LogP contribution in [-0.2, 0) is 9.59 Å². The fourth-order valence-electron chi connectivity index (χ4n) is 4.43. The van der Waals surface area contributed by atoms with E-state index >= 15 is 0 Å². The number of anilines is 1. The number of benzene rings is 1. The zero-order chi connectivity index (χ0) is 20.1. The topological polar surface area (TPSA) is 52.6 Å². The van der Waals surface area contributed by atoms with Crippen LogP contribution in [0.2, 0.25) is 0 Å². The lowest BCUT2D eigenvalue weighted by Crippen LogP contribution is -2.57. The maximum absolute atomic E-state index is 13.2. The quantitative estimate of drug-likeness (QED) is 0.846. The zero-order valence-corrected chi connectivity index (χ0v) is 17.6. The lowest BCUT2D eigenvalue weighted by atomic mass is 9.88. The van der Waals surface area contributed by atoms with Gasteiger partial charge in [-0.1, -0.05) is 51.3 Å². The first-order valence-electron chi connectivity index (χ1n) is 10.9. The third-order valence-corrected chi connectivity index (χ3v) is 6.25. The minimum Gasteiger partial charge on any atom is -0.368 e. The van der Waals surface area contributed by atoms with Crippen LogP contribution in [0.25, 0.3) is 0 Å². The van der Waals surface area contributed by atoms with Crippen molar-refractivity contribution < 1.29 is 9.59 Å². The van der Waals surface area contributed by atoms with Crippen LogP contribution >= 0.6 is 0 Å². The second-order valence-corrected chi connectivity index (χ2v) is 8.66. The number of hydrogen-bond donors (Lipinski definition) is 1. The van der Waals surface area contributed by atoms with Crippen LogP contribution in [0.3, 0.4) is 0 Å². The first kappa shape index (κ1) is 20.7. The molecule has 5 heteroatoms. The molecule has 1 saturated heterocycles. The lowest BCUT2D eigenvalue weighted by Gasteiger charge is -2.39. The van der Waals surface area contributed by atoms with Crippen molar-refractivity contribution in [2.45, 2.75) is 58.9 Å². The average Bonchev–Trinajstić information content (AvgIpc) is 2.72. The van der Waals surface area contributed by atoms with Gasteiger partial charge in [0.1, 0.15) is 6.04 Å². The molecule has 1 aromatic rings. The molecule has 1 unspecified atom stereocenters. The molecule has 0 spiro atoms. The smallest absolute Gasteiger partial charge is 0.245 e. The minimum absolute atomic E-state index is 0.0728. The Hall–Kier alpha value is -2.04. The van der Waals surface area contributed by atoms with Crippen molar-refractivity contribution in [3.8, 4) is 0 Å². The molecule has 1 saturated carbocycles. The summed E-state index contributed by atoms with van der Waals surface area (Å²) in [4.78, 5) is 30.1. The van der Waals surface area contributed by atoms with Gasteiger partial charge in [-0.2, -0.15) is 0 Å². The molecule has 1 aliphatic heterocycles. The van der Waals surface area contributed by atoms with Crippen LogP contribution in [0.5, 0.6) is 0 Å². The molecule has 2 fully saturated rings. The maximum atomic E-state index is 13.2. The summed E-state index contributed by atoms with van der Waals surface area (Å²) < 4.78 is 0. The summed E-state index contributed by atoms with van der Waals surface area (Å²) in [6.07, 6.45) is 5.39. The van der Waals surface area contributed by atoms with Crippen LogP contribution in [0.15, 0.2) is 24.3 Å². The van der Waals surface area contributed by atoms with E-state index in [0.29, 0.717) is 13.1 Å². The van der Waals surface area contributed by atoms with E-state index in [1.807, 2.05) is 18.7 Å². The van der Waals surface area contributed by atoms with Gasteiger partial charge in [-0.05, 0) is 37.3 Å². The number of carbonyl (C=O) groups is 2. The van der Waals surface area contributed by atoms with Crippen molar-refractivity contribution in [3.63, 3.8) is 0 Å². The number of hydrogen-bond acceptors (Lipinski definition) is 3. The average molecular weight is 386 g/mol. The molecule has 0 aromatic heterocycles. The van der Waals surface area contributed by atoms with E-state index in [1.54, 1.807) is 0 Å². The summed E-state index contributed by atoms with van der Waals surface area (Å²) in [6, 6.07) is 7.98. The number of amides is 2. The van der Waals surface area contributed by atoms with Crippen LogP contribution in [0.1, 0.15) is 51.5 Å². The van der Waals surface area contributed by atoms with Crippen LogP contribution < -0.4 is 10.2 Å². The molecule has 1 N–H and O–H groups in total. The van der Waals surface area contributed by atoms with Crippen molar-refractivity contribution in [2.75, 3.05) is 31.1 Å². The minimum atomic E-state index is -0.417. The largest absolute Gasteiger partial charge is 0.368 e. The van der Waals surface area contributed by atoms with E-state index in [9.17, 15) is 9.59 Å². The Morgan fingerprint density at radius 3 is 2.25 bits per heavy atom. The fraction of sp³-hybridized carbons (Fsp3) is 0.652. The molecule has 1 atom stereocenters. The highest BCUT2D eigenvalue weighted by atomic mass is 16.2. The molecular weight excluding hydrogens is 350 g/mol. The van der Waals surface area contributed by atoms with Crippen molar-refractivity contribution in [2.24, 2.45) is 11.8 Å². The third-order valence-electron chi connectivity index (χ3n) is 6.25. The van der Waals surface area contributed by atoms with Gasteiger partial charge in [-0.15, -0.1) is 0 Å². The van der Waals surface area contributed by atoms with E-state index < -0.39 is 6.04 Å². The Balaban J connectivity index is 1.58. The van der Waals surface area contributed by atoms with Gasteiger partial charge in [0.15, 0.2) is 0 Å².